The molecular weight excluding hydrogens is 484 g/mol. The highest BCUT2D eigenvalue weighted by Crippen LogP contribution is 2.16. The summed E-state index contributed by atoms with van der Waals surface area (Å²) < 4.78 is 27.8. The first kappa shape index (κ1) is 32.1. The highest BCUT2D eigenvalue weighted by molar-refractivity contribution is 7.89. The average Bonchev–Trinajstić information content (AvgIpc) is 2.73. The Kier molecular flexibility index (Phi) is 19.5. The summed E-state index contributed by atoms with van der Waals surface area (Å²) in [7, 11) is -0.875. The van der Waals surface area contributed by atoms with Crippen LogP contribution in [-0.2, 0) is 10.0 Å². The molecular formula is C26H53BrN2O2S. The first-order valence-corrected chi connectivity index (χ1v) is 15.0. The fourth-order valence-corrected chi connectivity index (χ4v) is 6.21. The van der Waals surface area contributed by atoms with E-state index in [4.69, 9.17) is 0 Å². The van der Waals surface area contributed by atoms with E-state index in [1.165, 1.54) is 89.9 Å². The van der Waals surface area contributed by atoms with Crippen molar-refractivity contribution in [3.8, 4) is 0 Å². The van der Waals surface area contributed by atoms with Crippen molar-refractivity contribution < 1.29 is 29.9 Å². The Morgan fingerprint density at radius 2 is 1.12 bits per heavy atom. The number of sulfonamides is 1. The van der Waals surface area contributed by atoms with Crippen LogP contribution in [0.5, 0.6) is 0 Å². The van der Waals surface area contributed by atoms with Gasteiger partial charge in [-0.3, -0.25) is 0 Å². The van der Waals surface area contributed by atoms with Gasteiger partial charge in [-0.05, 0) is 12.5 Å². The maximum absolute atomic E-state index is 12.6. The number of quaternary nitrogens is 1. The molecule has 0 radical (unpaired) electrons. The van der Waals surface area contributed by atoms with Gasteiger partial charge in [0.25, 0.3) is 0 Å². The van der Waals surface area contributed by atoms with Crippen molar-refractivity contribution in [2.45, 2.75) is 110 Å². The van der Waals surface area contributed by atoms with Gasteiger partial charge in [-0.2, -0.15) is 4.31 Å². The summed E-state index contributed by atoms with van der Waals surface area (Å²) in [6.45, 7) is 10.1. The Morgan fingerprint density at radius 3 is 1.50 bits per heavy atom. The van der Waals surface area contributed by atoms with Gasteiger partial charge in [-0.25, -0.2) is 8.42 Å². The molecule has 1 fully saturated rings. The first-order valence-electron chi connectivity index (χ1n) is 13.4. The van der Waals surface area contributed by atoms with Crippen LogP contribution in [0, 0.1) is 0 Å². The van der Waals surface area contributed by atoms with Gasteiger partial charge in [0.1, 0.15) is 0 Å². The zero-order valence-electron chi connectivity index (χ0n) is 21.3. The number of halogens is 1. The topological polar surface area (TPSA) is 37.4 Å². The highest BCUT2D eigenvalue weighted by atomic mass is 79.9. The maximum atomic E-state index is 12.6. The molecule has 1 saturated heterocycles. The fraction of sp³-hybridized carbons (Fsp3) is 0.923. The van der Waals surface area contributed by atoms with Gasteiger partial charge >= 0.3 is 0 Å². The Labute approximate surface area is 211 Å². The summed E-state index contributed by atoms with van der Waals surface area (Å²) in [6, 6.07) is 0. The predicted octanol–water partition coefficient (Wildman–Crippen LogP) is 3.53. The van der Waals surface area contributed by atoms with Crippen molar-refractivity contribution in [3.63, 3.8) is 0 Å². The van der Waals surface area contributed by atoms with Crippen LogP contribution in [0.4, 0.5) is 0 Å². The molecule has 0 unspecified atom stereocenters. The van der Waals surface area contributed by atoms with Crippen LogP contribution in [0.25, 0.3) is 0 Å². The van der Waals surface area contributed by atoms with Crippen LogP contribution in [0.1, 0.15) is 110 Å². The number of likely N-dealkylation sites (N-methyl/N-ethyl adjacent to an activating group) is 1. The summed E-state index contributed by atoms with van der Waals surface area (Å²) in [5, 5.41) is 0. The second-order valence-corrected chi connectivity index (χ2v) is 12.1. The average molecular weight is 538 g/mol. The van der Waals surface area contributed by atoms with E-state index in [0.29, 0.717) is 18.8 Å². The zero-order chi connectivity index (χ0) is 22.8. The molecule has 0 spiro atoms. The predicted molar refractivity (Wildman–Crippen MR) is 136 cm³/mol. The molecule has 0 aromatic heterocycles. The molecule has 4 nitrogen and oxygen atoms in total. The summed E-state index contributed by atoms with van der Waals surface area (Å²) in [5.74, 6) is 0.330. The van der Waals surface area contributed by atoms with Crippen LogP contribution >= 0.6 is 0 Å². The third-order valence-corrected chi connectivity index (χ3v) is 8.95. The van der Waals surface area contributed by atoms with E-state index in [1.807, 2.05) is 6.08 Å². The van der Waals surface area contributed by atoms with E-state index in [9.17, 15) is 8.42 Å². The van der Waals surface area contributed by atoms with Crippen molar-refractivity contribution in [1.82, 2.24) is 4.31 Å². The lowest BCUT2D eigenvalue weighted by Crippen LogP contribution is -3.00. The van der Waals surface area contributed by atoms with Crippen molar-refractivity contribution in [2.24, 2.45) is 0 Å². The number of unbranched alkanes of at least 4 members (excludes halogenated alkanes) is 15. The lowest BCUT2D eigenvalue weighted by molar-refractivity contribution is -0.907. The summed E-state index contributed by atoms with van der Waals surface area (Å²) in [5.41, 5.74) is 0. The van der Waals surface area contributed by atoms with Crippen LogP contribution in [-0.4, -0.2) is 62.7 Å². The summed E-state index contributed by atoms with van der Waals surface area (Å²) in [6.07, 6.45) is 23.0. The van der Waals surface area contributed by atoms with Gasteiger partial charge in [-0.15, -0.1) is 0 Å². The highest BCUT2D eigenvalue weighted by Gasteiger charge is 2.33. The maximum Gasteiger partial charge on any atom is 0.214 e. The van der Waals surface area contributed by atoms with Crippen LogP contribution < -0.4 is 17.0 Å². The van der Waals surface area contributed by atoms with E-state index in [-0.39, 0.29) is 17.0 Å². The summed E-state index contributed by atoms with van der Waals surface area (Å²) >= 11 is 0. The third kappa shape index (κ3) is 15.1. The molecule has 0 aliphatic carbocycles. The van der Waals surface area contributed by atoms with E-state index >= 15 is 0 Å². The van der Waals surface area contributed by atoms with Crippen LogP contribution in [0.2, 0.25) is 0 Å². The lowest BCUT2D eigenvalue weighted by Gasteiger charge is -2.40. The molecule has 0 aromatic rings. The second-order valence-electron chi connectivity index (χ2n) is 10.1. The number of hydrogen-bond donors (Lipinski definition) is 0. The quantitative estimate of drug-likeness (QED) is 0.135. The number of piperazine rings is 1. The Hall–Kier alpha value is 0.0900. The van der Waals surface area contributed by atoms with Crippen molar-refractivity contribution in [1.29, 1.82) is 0 Å². The SMILES string of the molecule is C=CC[N+]1(C)CCN(S(=O)(=O)CCCCCCCCCCCCCCCCCC)CC1.[Br-]. The number of nitrogens with zero attached hydrogens (tertiary/aromatic N) is 2. The van der Waals surface area contributed by atoms with Crippen molar-refractivity contribution >= 4 is 10.0 Å². The van der Waals surface area contributed by atoms with E-state index in [2.05, 4.69) is 20.6 Å². The van der Waals surface area contributed by atoms with Gasteiger partial charge in [0.2, 0.25) is 10.0 Å². The van der Waals surface area contributed by atoms with Crippen molar-refractivity contribution in [2.75, 3.05) is 45.5 Å². The standard InChI is InChI=1S/C26H53N2O2S.BrH/c1-4-6-7-8-9-10-11-12-13-14-15-16-17-18-19-20-26-31(29,30)27-21-24-28(3,23-5-2)25-22-27;/h5H,2,4,6-26H2,1,3H3;1H/q+1;/p-1. The van der Waals surface area contributed by atoms with E-state index in [0.717, 1.165) is 37.0 Å². The Morgan fingerprint density at radius 1 is 0.750 bits per heavy atom. The first-order chi connectivity index (χ1) is 14.9. The molecule has 0 atom stereocenters. The monoisotopic (exact) mass is 536 g/mol. The number of hydrogen-bond acceptors (Lipinski definition) is 2. The van der Waals surface area contributed by atoms with Crippen molar-refractivity contribution in [3.05, 3.63) is 12.7 Å². The molecule has 0 aromatic carbocycles. The normalized spacial score (nSPS) is 16.6. The van der Waals surface area contributed by atoms with Gasteiger partial charge in [0.15, 0.2) is 0 Å². The van der Waals surface area contributed by atoms with E-state index in [1.54, 1.807) is 4.31 Å². The Balaban J connectivity index is 0.00000961. The molecule has 1 heterocycles. The van der Waals surface area contributed by atoms with Gasteiger partial charge in [-0.1, -0.05) is 110 Å². The Bertz CT molecular complexity index is 546. The van der Waals surface area contributed by atoms with Gasteiger partial charge in [0.05, 0.1) is 45.5 Å². The number of rotatable bonds is 20. The fourth-order valence-electron chi connectivity index (χ4n) is 4.66. The zero-order valence-corrected chi connectivity index (χ0v) is 23.7. The lowest BCUT2D eigenvalue weighted by atomic mass is 10.0. The van der Waals surface area contributed by atoms with E-state index < -0.39 is 10.0 Å². The van der Waals surface area contributed by atoms with Gasteiger partial charge < -0.3 is 21.5 Å². The second kappa shape index (κ2) is 19.4. The minimum absolute atomic E-state index is 0. The molecule has 0 saturated carbocycles. The third-order valence-electron chi connectivity index (χ3n) is 7.00. The minimum Gasteiger partial charge on any atom is -1.00 e. The minimum atomic E-state index is -3.07. The van der Waals surface area contributed by atoms with Gasteiger partial charge in [0, 0.05) is 0 Å². The molecule has 1 rings (SSSR count). The smallest absolute Gasteiger partial charge is 0.214 e. The molecule has 0 amide bonds. The largest absolute Gasteiger partial charge is 1.00 e. The molecule has 32 heavy (non-hydrogen) atoms. The molecule has 0 N–H and O–H groups in total. The molecule has 0 bridgehead atoms. The van der Waals surface area contributed by atoms with Crippen LogP contribution in [0.3, 0.4) is 0 Å². The molecule has 6 heteroatoms. The van der Waals surface area contributed by atoms with Crippen LogP contribution in [0.15, 0.2) is 12.7 Å². The molecule has 1 aliphatic rings. The molecule has 192 valence electrons. The summed E-state index contributed by atoms with van der Waals surface area (Å²) in [4.78, 5) is 0. The molecule has 1 aliphatic heterocycles.